The zero-order chi connectivity index (χ0) is 16.4. The molecular formula is C14H14N4O4. The molecule has 0 fully saturated rings. The van der Waals surface area contributed by atoms with Crippen LogP contribution in [0, 0.1) is 0 Å². The summed E-state index contributed by atoms with van der Waals surface area (Å²) in [5.74, 6) is -2.51. The van der Waals surface area contributed by atoms with Crippen LogP contribution < -0.4 is 5.73 Å². The number of H-pyrrole nitrogens is 1. The molecule has 5 N–H and O–H groups in total. The van der Waals surface area contributed by atoms with Gasteiger partial charge in [-0.25, -0.2) is 19.6 Å². The van der Waals surface area contributed by atoms with Gasteiger partial charge in [0.1, 0.15) is 0 Å². The predicted octanol–water partition coefficient (Wildman–Crippen LogP) is 1.41. The van der Waals surface area contributed by atoms with Crippen molar-refractivity contribution in [2.24, 2.45) is 10.7 Å². The van der Waals surface area contributed by atoms with E-state index in [-0.39, 0.29) is 0 Å². The van der Waals surface area contributed by atoms with Crippen molar-refractivity contribution < 1.29 is 19.8 Å². The lowest BCUT2D eigenvalue weighted by molar-refractivity contribution is -0.134. The molecule has 1 aromatic carbocycles. The molecule has 1 aromatic heterocycles. The third-order valence-corrected chi connectivity index (χ3v) is 2.25. The van der Waals surface area contributed by atoms with E-state index < -0.39 is 11.9 Å². The van der Waals surface area contributed by atoms with E-state index in [1.54, 1.807) is 12.5 Å². The lowest BCUT2D eigenvalue weighted by atomic mass is 10.1. The van der Waals surface area contributed by atoms with Crippen LogP contribution in [0.2, 0.25) is 0 Å². The average Bonchev–Trinajstić information content (AvgIpc) is 3.01. The third-order valence-electron chi connectivity index (χ3n) is 2.25. The van der Waals surface area contributed by atoms with Crippen LogP contribution in [0.25, 0.3) is 11.3 Å². The fourth-order valence-corrected chi connectivity index (χ4v) is 1.40. The number of nitrogens with zero attached hydrogens (tertiary/aromatic N) is 2. The monoisotopic (exact) mass is 302 g/mol. The number of aliphatic imine (C=N–C) groups is 1. The number of carboxylic acids is 2. The number of rotatable bonds is 4. The van der Waals surface area contributed by atoms with E-state index in [4.69, 9.17) is 15.9 Å². The number of carboxylic acid groups (broad SMARTS) is 2. The van der Waals surface area contributed by atoms with E-state index in [2.05, 4.69) is 15.0 Å². The number of nitrogens with two attached hydrogens (primary N) is 1. The number of hydrogen-bond donors (Lipinski definition) is 4. The lowest BCUT2D eigenvalue weighted by Gasteiger charge is -1.98. The Bertz CT molecular complexity index is 662. The topological polar surface area (TPSA) is 142 Å². The standard InChI is InChI=1S/C10H10N4.C4H4O4/c11-6-13-9-3-1-2-8(4-9)10-5-12-7-14-10;5-3(6)1-2-4(7)8/h1-7H,(H2,11,13)(H,12,14);1-2H,(H,5,6)(H,7,8)/b;2-1+. The fraction of sp³-hybridized carbons (Fsp3) is 0. The molecule has 8 heteroatoms. The van der Waals surface area contributed by atoms with Gasteiger partial charge >= 0.3 is 11.9 Å². The maximum Gasteiger partial charge on any atom is 0.328 e. The second-order valence-electron chi connectivity index (χ2n) is 3.80. The van der Waals surface area contributed by atoms with Gasteiger partial charge in [-0.15, -0.1) is 0 Å². The normalized spacial score (nSPS) is 10.4. The summed E-state index contributed by atoms with van der Waals surface area (Å²) in [6.07, 6.45) is 5.82. The highest BCUT2D eigenvalue weighted by Gasteiger charge is 1.98. The first-order valence-electron chi connectivity index (χ1n) is 6.00. The summed E-state index contributed by atoms with van der Waals surface area (Å²) in [5, 5.41) is 15.6. The van der Waals surface area contributed by atoms with Gasteiger partial charge in [0.25, 0.3) is 0 Å². The molecule has 0 saturated carbocycles. The largest absolute Gasteiger partial charge is 0.478 e. The molecule has 2 rings (SSSR count). The number of benzene rings is 1. The minimum atomic E-state index is -1.26. The van der Waals surface area contributed by atoms with Crippen molar-refractivity contribution in [3.05, 3.63) is 48.9 Å². The Balaban J connectivity index is 0.000000261. The van der Waals surface area contributed by atoms with Crippen molar-refractivity contribution in [1.82, 2.24) is 9.97 Å². The van der Waals surface area contributed by atoms with Crippen LogP contribution in [0.4, 0.5) is 5.69 Å². The van der Waals surface area contributed by atoms with Crippen LogP contribution >= 0.6 is 0 Å². The first kappa shape index (κ1) is 16.6. The van der Waals surface area contributed by atoms with Crippen LogP contribution in [-0.4, -0.2) is 38.5 Å². The maximum atomic E-state index is 9.55. The average molecular weight is 302 g/mol. The summed E-state index contributed by atoms with van der Waals surface area (Å²) < 4.78 is 0. The van der Waals surface area contributed by atoms with E-state index in [9.17, 15) is 9.59 Å². The smallest absolute Gasteiger partial charge is 0.328 e. The Hall–Kier alpha value is -3.42. The molecule has 0 radical (unpaired) electrons. The van der Waals surface area contributed by atoms with Gasteiger partial charge < -0.3 is 20.9 Å². The summed E-state index contributed by atoms with van der Waals surface area (Å²) in [6, 6.07) is 7.75. The number of nitrogens with one attached hydrogen (secondary N) is 1. The van der Waals surface area contributed by atoms with E-state index in [0.717, 1.165) is 16.9 Å². The van der Waals surface area contributed by atoms with Gasteiger partial charge in [-0.3, -0.25) is 0 Å². The van der Waals surface area contributed by atoms with Gasteiger partial charge in [0.05, 0.1) is 30.2 Å². The van der Waals surface area contributed by atoms with Crippen molar-refractivity contribution in [1.29, 1.82) is 0 Å². The first-order valence-corrected chi connectivity index (χ1v) is 6.00. The van der Waals surface area contributed by atoms with Gasteiger partial charge in [0.2, 0.25) is 0 Å². The third kappa shape index (κ3) is 6.15. The number of aromatic amines is 1. The molecule has 1 heterocycles. The zero-order valence-corrected chi connectivity index (χ0v) is 11.4. The molecule has 0 aliphatic heterocycles. The summed E-state index contributed by atoms with van der Waals surface area (Å²) >= 11 is 0. The van der Waals surface area contributed by atoms with E-state index in [1.165, 1.54) is 6.34 Å². The van der Waals surface area contributed by atoms with E-state index in [0.29, 0.717) is 12.2 Å². The molecule has 0 bridgehead atoms. The SMILES string of the molecule is NC=Nc1cccc(-c2cnc[nH]2)c1.O=C(O)/C=C/C(=O)O. The minimum Gasteiger partial charge on any atom is -0.478 e. The molecule has 0 unspecified atom stereocenters. The summed E-state index contributed by atoms with van der Waals surface area (Å²) in [6.45, 7) is 0. The highest BCUT2D eigenvalue weighted by atomic mass is 16.4. The molecule has 0 aliphatic carbocycles. The van der Waals surface area contributed by atoms with Crippen LogP contribution in [0.5, 0.6) is 0 Å². The number of hydrogen-bond acceptors (Lipinski definition) is 4. The molecule has 0 aliphatic rings. The maximum absolute atomic E-state index is 9.55. The first-order chi connectivity index (χ1) is 10.5. The van der Waals surface area contributed by atoms with Crippen molar-refractivity contribution >= 4 is 24.0 Å². The Labute approximate surface area is 125 Å². The molecule has 2 aromatic rings. The summed E-state index contributed by atoms with van der Waals surface area (Å²) in [5.41, 5.74) is 8.07. The molecule has 8 nitrogen and oxygen atoms in total. The van der Waals surface area contributed by atoms with Gasteiger partial charge in [0.15, 0.2) is 0 Å². The Morgan fingerprint density at radius 1 is 1.23 bits per heavy atom. The molecule has 0 atom stereocenters. The van der Waals surface area contributed by atoms with E-state index >= 15 is 0 Å². The van der Waals surface area contributed by atoms with Crippen LogP contribution in [0.1, 0.15) is 0 Å². The van der Waals surface area contributed by atoms with Gasteiger partial charge in [-0.1, -0.05) is 12.1 Å². The molecule has 0 spiro atoms. The zero-order valence-electron chi connectivity index (χ0n) is 11.4. The minimum absolute atomic E-state index is 0.558. The number of aromatic nitrogens is 2. The highest BCUT2D eigenvalue weighted by molar-refractivity contribution is 5.89. The van der Waals surface area contributed by atoms with Crippen LogP contribution in [0.15, 0.2) is 53.9 Å². The predicted molar refractivity (Wildman–Crippen MR) is 80.8 cm³/mol. The molecule has 114 valence electrons. The number of carbonyl (C=O) groups is 2. The van der Waals surface area contributed by atoms with Gasteiger partial charge in [-0.2, -0.15) is 0 Å². The Morgan fingerprint density at radius 2 is 1.91 bits per heavy atom. The number of aliphatic carboxylic acids is 2. The number of imidazole rings is 1. The quantitative estimate of drug-likeness (QED) is 0.382. The Kier molecular flexibility index (Phi) is 6.57. The summed E-state index contributed by atoms with van der Waals surface area (Å²) in [7, 11) is 0. The van der Waals surface area contributed by atoms with Crippen molar-refractivity contribution in [2.75, 3.05) is 0 Å². The molecule has 0 amide bonds. The van der Waals surface area contributed by atoms with Crippen molar-refractivity contribution in [3.8, 4) is 11.3 Å². The second-order valence-corrected chi connectivity index (χ2v) is 3.80. The highest BCUT2D eigenvalue weighted by Crippen LogP contribution is 2.21. The fourth-order valence-electron chi connectivity index (χ4n) is 1.40. The molecular weight excluding hydrogens is 288 g/mol. The second kappa shape index (κ2) is 8.69. The van der Waals surface area contributed by atoms with Crippen molar-refractivity contribution in [2.45, 2.75) is 0 Å². The van der Waals surface area contributed by atoms with Crippen LogP contribution in [-0.2, 0) is 9.59 Å². The Morgan fingerprint density at radius 3 is 2.41 bits per heavy atom. The van der Waals surface area contributed by atoms with Crippen LogP contribution in [0.3, 0.4) is 0 Å². The lowest BCUT2D eigenvalue weighted by Crippen LogP contribution is -1.91. The van der Waals surface area contributed by atoms with Gasteiger partial charge in [-0.05, 0) is 12.1 Å². The van der Waals surface area contributed by atoms with E-state index in [1.807, 2.05) is 24.3 Å². The molecule has 22 heavy (non-hydrogen) atoms. The molecule has 0 saturated heterocycles. The summed E-state index contributed by atoms with van der Waals surface area (Å²) in [4.78, 5) is 30.1. The van der Waals surface area contributed by atoms with Gasteiger partial charge in [0, 0.05) is 17.7 Å². The van der Waals surface area contributed by atoms with Crippen molar-refractivity contribution in [3.63, 3.8) is 0 Å².